The molecule has 5 heterocycles. The van der Waals surface area contributed by atoms with Gasteiger partial charge in [0.05, 0.1) is 67.2 Å². The normalized spacial score (nSPS) is 19.4. The number of hydrogen-bond acceptors (Lipinski definition) is 12. The maximum Gasteiger partial charge on any atom is 0.329 e. The van der Waals surface area contributed by atoms with Gasteiger partial charge in [0, 0.05) is 70.7 Å². The second-order valence-corrected chi connectivity index (χ2v) is 16.9. The minimum Gasteiger partial charge on any atom is -0.493 e. The summed E-state index contributed by atoms with van der Waals surface area (Å²) in [5, 5.41) is 16.8. The van der Waals surface area contributed by atoms with Crippen molar-refractivity contribution in [2.75, 3.05) is 69.3 Å². The summed E-state index contributed by atoms with van der Waals surface area (Å²) in [6.07, 6.45) is 0.194. The zero-order valence-corrected chi connectivity index (χ0v) is 37.1. The monoisotopic (exact) mass is 919 g/mol. The van der Waals surface area contributed by atoms with Crippen LogP contribution in [0.4, 0.5) is 29.5 Å². The number of nitriles is 1. The van der Waals surface area contributed by atoms with E-state index in [1.54, 1.807) is 72.6 Å². The Labute approximate surface area is 383 Å². The number of rotatable bonds is 13. The number of anilines is 2. The van der Waals surface area contributed by atoms with Gasteiger partial charge in [0.15, 0.2) is 28.9 Å². The standard InChI is InChI=1S/C48H48F3N9O7/c1-4-66-40-24-30(10-13-38(40)65-3)35(14-17-52)60-45(62)32-6-5-7-36(43(32)46(60)63)57-20-22-58(23-21-57)41-15-18-56(28-48(41,50)51)27-29-8-11-31(12-9-29)67-39-26-37-33(25-34(39)49)44(54-55(37)2)59-19-16-42(61)53-47(59)64/h5-13,24-26,35,41H,4,14-16,18-23,27-28H2,1-3H3,(H,53,61,64)/t35-,41-/m1/s1. The summed E-state index contributed by atoms with van der Waals surface area (Å²) in [5.74, 6) is -3.73. The molecular weight excluding hydrogens is 872 g/mol. The number of piperazine rings is 1. The summed E-state index contributed by atoms with van der Waals surface area (Å²) in [5.41, 5.74) is 2.84. The molecule has 67 heavy (non-hydrogen) atoms. The number of aromatic nitrogens is 2. The van der Waals surface area contributed by atoms with E-state index in [1.807, 2.05) is 16.7 Å². The fourth-order valence-electron chi connectivity index (χ4n) is 9.63. The average Bonchev–Trinajstić information content (AvgIpc) is 3.76. The van der Waals surface area contributed by atoms with Gasteiger partial charge >= 0.3 is 6.03 Å². The number of methoxy groups -OCH3 is 1. The molecule has 0 unspecified atom stereocenters. The predicted molar refractivity (Wildman–Crippen MR) is 239 cm³/mol. The Hall–Kier alpha value is -7.17. The van der Waals surface area contributed by atoms with Crippen LogP contribution in [0, 0.1) is 17.1 Å². The van der Waals surface area contributed by atoms with Gasteiger partial charge < -0.3 is 19.1 Å². The van der Waals surface area contributed by atoms with Crippen molar-refractivity contribution < 1.29 is 46.6 Å². The number of likely N-dealkylation sites (tertiary alicyclic amines) is 1. The van der Waals surface area contributed by atoms with Crippen LogP contribution in [0.15, 0.2) is 72.8 Å². The molecule has 3 saturated heterocycles. The lowest BCUT2D eigenvalue weighted by molar-refractivity contribution is -0.129. The molecule has 2 atom stereocenters. The van der Waals surface area contributed by atoms with E-state index in [-0.39, 0.29) is 55.0 Å². The van der Waals surface area contributed by atoms with E-state index >= 15 is 13.2 Å². The molecule has 16 nitrogen and oxygen atoms in total. The number of imide groups is 2. The number of nitrogens with one attached hydrogen (secondary N) is 1. The topological polar surface area (TPSA) is 166 Å². The summed E-state index contributed by atoms with van der Waals surface area (Å²) in [6, 6.07) is 19.3. The molecule has 0 bridgehead atoms. The number of benzene rings is 4. The molecule has 4 aliphatic heterocycles. The smallest absolute Gasteiger partial charge is 0.329 e. The Morgan fingerprint density at radius 1 is 0.925 bits per heavy atom. The van der Waals surface area contributed by atoms with Crippen LogP contribution in [-0.2, 0) is 18.4 Å². The van der Waals surface area contributed by atoms with Gasteiger partial charge in [-0.2, -0.15) is 10.4 Å². The number of aryl methyl sites for hydroxylation is 1. The lowest BCUT2D eigenvalue weighted by atomic mass is 9.97. The average molecular weight is 920 g/mol. The van der Waals surface area contributed by atoms with Crippen molar-refractivity contribution in [3.05, 3.63) is 101 Å². The van der Waals surface area contributed by atoms with Gasteiger partial charge in [-0.05, 0) is 66.9 Å². The second-order valence-electron chi connectivity index (χ2n) is 16.9. The lowest BCUT2D eigenvalue weighted by Gasteiger charge is -2.46. The number of alkyl halides is 2. The number of urea groups is 1. The number of nitrogens with zero attached hydrogens (tertiary/aromatic N) is 8. The van der Waals surface area contributed by atoms with Crippen LogP contribution in [0.1, 0.15) is 64.1 Å². The van der Waals surface area contributed by atoms with Crippen LogP contribution in [0.2, 0.25) is 0 Å². The number of carbonyl (C=O) groups excluding carboxylic acids is 4. The molecule has 4 aromatic carbocycles. The molecule has 3 fully saturated rings. The third kappa shape index (κ3) is 8.58. The molecule has 0 spiro atoms. The van der Waals surface area contributed by atoms with E-state index < -0.39 is 54.1 Å². The number of fused-ring (bicyclic) bond motifs is 2. The second kappa shape index (κ2) is 18.2. The summed E-state index contributed by atoms with van der Waals surface area (Å²) in [6.45, 7) is 3.95. The summed E-state index contributed by atoms with van der Waals surface area (Å²) < 4.78 is 66.0. The van der Waals surface area contributed by atoms with Gasteiger partial charge in [-0.25, -0.2) is 18.0 Å². The van der Waals surface area contributed by atoms with Gasteiger partial charge in [-0.15, -0.1) is 0 Å². The highest BCUT2D eigenvalue weighted by Gasteiger charge is 2.48. The Balaban J connectivity index is 0.812. The number of carbonyl (C=O) groups is 4. The maximum atomic E-state index is 16.0. The van der Waals surface area contributed by atoms with E-state index in [0.717, 1.165) is 10.5 Å². The number of halogens is 3. The Morgan fingerprint density at radius 2 is 1.70 bits per heavy atom. The van der Waals surface area contributed by atoms with Crippen molar-refractivity contribution in [2.24, 2.45) is 7.05 Å². The fraction of sp³-hybridized carbons (Fsp3) is 0.375. The van der Waals surface area contributed by atoms with E-state index in [1.165, 1.54) is 28.8 Å². The van der Waals surface area contributed by atoms with Crippen molar-refractivity contribution in [1.29, 1.82) is 5.26 Å². The lowest BCUT2D eigenvalue weighted by Crippen LogP contribution is -2.61. The van der Waals surface area contributed by atoms with Crippen LogP contribution in [0.5, 0.6) is 23.0 Å². The van der Waals surface area contributed by atoms with Gasteiger partial charge in [0.2, 0.25) is 5.91 Å². The van der Waals surface area contributed by atoms with E-state index in [2.05, 4.69) is 16.5 Å². The highest BCUT2D eigenvalue weighted by atomic mass is 19.3. The Bertz CT molecular complexity index is 2810. The third-order valence-corrected chi connectivity index (χ3v) is 12.9. The first kappa shape index (κ1) is 45.0. The molecule has 19 heteroatoms. The van der Waals surface area contributed by atoms with Crippen molar-refractivity contribution in [2.45, 2.75) is 50.7 Å². The summed E-state index contributed by atoms with van der Waals surface area (Å²) in [7, 11) is 3.16. The van der Waals surface area contributed by atoms with E-state index in [0.29, 0.717) is 78.7 Å². The van der Waals surface area contributed by atoms with Crippen LogP contribution < -0.4 is 29.3 Å². The van der Waals surface area contributed by atoms with Crippen LogP contribution in [-0.4, -0.2) is 120 Å². The van der Waals surface area contributed by atoms with Gasteiger partial charge in [0.25, 0.3) is 17.7 Å². The molecule has 4 aliphatic rings. The van der Waals surface area contributed by atoms with Crippen LogP contribution >= 0.6 is 0 Å². The highest BCUT2D eigenvalue weighted by Crippen LogP contribution is 2.41. The minimum atomic E-state index is -3.02. The molecule has 5 aromatic rings. The highest BCUT2D eigenvalue weighted by molar-refractivity contribution is 6.24. The molecule has 0 radical (unpaired) electrons. The molecule has 1 aromatic heterocycles. The molecule has 348 valence electrons. The van der Waals surface area contributed by atoms with E-state index in [4.69, 9.17) is 14.2 Å². The van der Waals surface area contributed by atoms with Crippen molar-refractivity contribution in [3.63, 3.8) is 0 Å². The first-order valence-electron chi connectivity index (χ1n) is 22.1. The quantitative estimate of drug-likeness (QED) is 0.125. The third-order valence-electron chi connectivity index (χ3n) is 12.9. The number of hydrogen-bond donors (Lipinski definition) is 1. The number of amides is 5. The number of piperidine rings is 1. The molecule has 0 saturated carbocycles. The SMILES string of the molecule is CCOc1cc([C@@H](CC#N)N2C(=O)c3cccc(N4CCN([C@@H]5CCN(Cc6ccc(Oc7cc8c(cc7F)c(N7CCC(=O)NC7=O)nn8C)cc6)CC5(F)F)CC4)c3C2=O)ccc1OC. The van der Waals surface area contributed by atoms with Crippen molar-refractivity contribution >= 4 is 46.2 Å². The summed E-state index contributed by atoms with van der Waals surface area (Å²) in [4.78, 5) is 60.2. The molecule has 0 aliphatic carbocycles. The Morgan fingerprint density at radius 3 is 2.40 bits per heavy atom. The van der Waals surface area contributed by atoms with Gasteiger partial charge in [-0.3, -0.25) is 44.0 Å². The molecule has 9 rings (SSSR count). The molecular formula is C48H48F3N9O7. The van der Waals surface area contributed by atoms with Gasteiger partial charge in [-0.1, -0.05) is 24.3 Å². The molecule has 1 N–H and O–H groups in total. The largest absolute Gasteiger partial charge is 0.493 e. The maximum absolute atomic E-state index is 16.0. The molecule has 5 amide bonds. The zero-order valence-electron chi connectivity index (χ0n) is 37.1. The van der Waals surface area contributed by atoms with E-state index in [9.17, 15) is 24.4 Å². The first-order chi connectivity index (χ1) is 32.3. The Kier molecular flexibility index (Phi) is 12.3. The fourth-order valence-corrected chi connectivity index (χ4v) is 9.63. The van der Waals surface area contributed by atoms with Crippen molar-refractivity contribution in [1.82, 2.24) is 29.8 Å². The van der Waals surface area contributed by atoms with Gasteiger partial charge in [0.1, 0.15) is 5.75 Å². The van der Waals surface area contributed by atoms with Crippen LogP contribution in [0.25, 0.3) is 10.9 Å². The van der Waals surface area contributed by atoms with Crippen LogP contribution in [0.3, 0.4) is 0 Å². The number of ether oxygens (including phenoxy) is 3. The predicted octanol–water partition coefficient (Wildman–Crippen LogP) is 6.64. The van der Waals surface area contributed by atoms with Crippen molar-refractivity contribution in [3.8, 4) is 29.1 Å². The summed E-state index contributed by atoms with van der Waals surface area (Å²) >= 11 is 0. The zero-order chi connectivity index (χ0) is 47.1. The first-order valence-corrected chi connectivity index (χ1v) is 22.1. The minimum absolute atomic E-state index is 0.0681.